The predicted octanol–water partition coefficient (Wildman–Crippen LogP) is -2.56. The van der Waals surface area contributed by atoms with Gasteiger partial charge < -0.3 is 0 Å². The quantitative estimate of drug-likeness (QED) is 0.306. The molecule has 2 atom stereocenters. The molecule has 0 aromatic carbocycles. The summed E-state index contributed by atoms with van der Waals surface area (Å²) >= 11 is 0. The van der Waals surface area contributed by atoms with Crippen molar-refractivity contribution in [2.45, 2.75) is 12.2 Å². The molecule has 24 heavy (non-hydrogen) atoms. The highest BCUT2D eigenvalue weighted by Crippen LogP contribution is 2.12. The SMILES string of the molecule is CN(C(=O)C(O[N+](=O)[O-])C(O[N+](=O)[O-])C(=O)N(C)[N+](=O)[O-])[N+](=O)[O-]. The fourth-order valence-corrected chi connectivity index (χ4v) is 1.17. The molecular weight excluding hydrogens is 348 g/mol. The maximum atomic E-state index is 11.8. The highest BCUT2D eigenvalue weighted by molar-refractivity contribution is 5.89. The van der Waals surface area contributed by atoms with E-state index >= 15 is 0 Å². The molecule has 0 fully saturated rings. The van der Waals surface area contributed by atoms with E-state index in [1.54, 1.807) is 0 Å². The van der Waals surface area contributed by atoms with Crippen molar-refractivity contribution >= 4 is 11.8 Å². The molecule has 0 saturated carbocycles. The van der Waals surface area contributed by atoms with Crippen LogP contribution >= 0.6 is 0 Å². The van der Waals surface area contributed by atoms with E-state index in [-0.39, 0.29) is 10.0 Å². The molecule has 18 nitrogen and oxygen atoms in total. The third-order valence-electron chi connectivity index (χ3n) is 2.29. The summed E-state index contributed by atoms with van der Waals surface area (Å²) in [5.41, 5.74) is 0. The predicted molar refractivity (Wildman–Crippen MR) is 63.3 cm³/mol. The summed E-state index contributed by atoms with van der Waals surface area (Å²) in [4.78, 5) is 72.7. The molecule has 0 saturated heterocycles. The Hall–Kier alpha value is -3.86. The van der Waals surface area contributed by atoms with Crippen molar-refractivity contribution in [3.63, 3.8) is 0 Å². The number of carbonyl (C=O) groups is 2. The number of amides is 2. The van der Waals surface area contributed by atoms with Gasteiger partial charge in [-0.05, 0) is 0 Å². The van der Waals surface area contributed by atoms with Gasteiger partial charge in [-0.2, -0.15) is 0 Å². The Morgan fingerprint density at radius 2 is 1.00 bits per heavy atom. The topological polar surface area (TPSA) is 232 Å². The maximum absolute atomic E-state index is 11.8. The Labute approximate surface area is 129 Å². The third kappa shape index (κ3) is 5.16. The standard InChI is InChI=1S/C6H8N6O12/c1-7(9(15)16)5(13)3(23-11(19)20)4(24-12(21)22)6(14)8(2)10(17)18/h3-4H,1-2H3. The van der Waals surface area contributed by atoms with Gasteiger partial charge in [0.15, 0.2) is 10.1 Å². The molecule has 2 amide bonds. The lowest BCUT2D eigenvalue weighted by molar-refractivity contribution is -0.794. The van der Waals surface area contributed by atoms with E-state index in [4.69, 9.17) is 0 Å². The Balaban J connectivity index is 5.89. The number of nitrogens with zero attached hydrogens (tertiary/aromatic N) is 6. The number of nitro groups is 2. The summed E-state index contributed by atoms with van der Waals surface area (Å²) < 4.78 is 0. The van der Waals surface area contributed by atoms with Crippen LogP contribution in [0.15, 0.2) is 0 Å². The number of carbonyl (C=O) groups excluding carboxylic acids is 2. The number of rotatable bonds is 9. The first-order chi connectivity index (χ1) is 10.9. The van der Waals surface area contributed by atoms with Crippen molar-refractivity contribution < 1.29 is 39.5 Å². The largest absolute Gasteiger partial charge is 0.314 e. The summed E-state index contributed by atoms with van der Waals surface area (Å²) in [5, 5.41) is 34.8. The highest BCUT2D eigenvalue weighted by Gasteiger charge is 2.47. The lowest BCUT2D eigenvalue weighted by atomic mass is 10.1. The summed E-state index contributed by atoms with van der Waals surface area (Å²) in [5.74, 6) is -3.82. The van der Waals surface area contributed by atoms with E-state index in [1.807, 2.05) is 0 Å². The van der Waals surface area contributed by atoms with Crippen LogP contribution in [0, 0.1) is 40.5 Å². The minimum absolute atomic E-state index is 0.385. The molecule has 2 unspecified atom stereocenters. The first-order valence-corrected chi connectivity index (χ1v) is 5.36. The Morgan fingerprint density at radius 3 is 1.17 bits per heavy atom. The molecule has 0 aromatic heterocycles. The minimum Gasteiger partial charge on any atom is -0.297 e. The maximum Gasteiger partial charge on any atom is 0.314 e. The van der Waals surface area contributed by atoms with Crippen LogP contribution in [-0.2, 0) is 19.3 Å². The molecule has 0 heterocycles. The first kappa shape index (κ1) is 20.1. The van der Waals surface area contributed by atoms with Gasteiger partial charge in [-0.1, -0.05) is 10.0 Å². The van der Waals surface area contributed by atoms with E-state index in [0.717, 1.165) is 0 Å². The molecule has 134 valence electrons. The van der Waals surface area contributed by atoms with Gasteiger partial charge in [0.25, 0.3) is 10.2 Å². The van der Waals surface area contributed by atoms with Crippen LogP contribution in [0.1, 0.15) is 0 Å². The van der Waals surface area contributed by atoms with Crippen LogP contribution in [0.3, 0.4) is 0 Å². The smallest absolute Gasteiger partial charge is 0.297 e. The fourth-order valence-electron chi connectivity index (χ4n) is 1.17. The zero-order valence-electron chi connectivity index (χ0n) is 11.7. The molecule has 0 N–H and O–H groups in total. The molecule has 0 aromatic rings. The van der Waals surface area contributed by atoms with Crippen molar-refractivity contribution in [2.24, 2.45) is 0 Å². The van der Waals surface area contributed by atoms with Crippen LogP contribution in [0.2, 0.25) is 0 Å². The molecule has 0 aliphatic carbocycles. The second-order valence-electron chi connectivity index (χ2n) is 3.70. The van der Waals surface area contributed by atoms with E-state index in [2.05, 4.69) is 9.68 Å². The number of hydrogen-bond donors (Lipinski definition) is 0. The van der Waals surface area contributed by atoms with Crippen LogP contribution in [-0.4, -0.2) is 68.4 Å². The van der Waals surface area contributed by atoms with Gasteiger partial charge in [0.2, 0.25) is 12.2 Å². The van der Waals surface area contributed by atoms with Crippen molar-refractivity contribution in [2.75, 3.05) is 14.1 Å². The molecule has 0 radical (unpaired) electrons. The van der Waals surface area contributed by atoms with Crippen LogP contribution in [0.4, 0.5) is 0 Å². The summed E-state index contributed by atoms with van der Waals surface area (Å²) in [6.45, 7) is 0. The van der Waals surface area contributed by atoms with Crippen molar-refractivity contribution in [1.29, 1.82) is 0 Å². The second kappa shape index (κ2) is 7.95. The molecular formula is C6H8N6O12. The normalized spacial score (nSPS) is 12.2. The van der Waals surface area contributed by atoms with Crippen molar-refractivity contribution in [3.05, 3.63) is 40.5 Å². The Kier molecular flexibility index (Phi) is 6.67. The first-order valence-electron chi connectivity index (χ1n) is 5.36. The van der Waals surface area contributed by atoms with Crippen LogP contribution in [0.5, 0.6) is 0 Å². The van der Waals surface area contributed by atoms with Crippen molar-refractivity contribution in [3.8, 4) is 0 Å². The second-order valence-corrected chi connectivity index (χ2v) is 3.70. The zero-order chi connectivity index (χ0) is 19.2. The van der Waals surface area contributed by atoms with Gasteiger partial charge in [-0.3, -0.25) is 19.3 Å². The lowest BCUT2D eigenvalue weighted by Gasteiger charge is -2.22. The minimum atomic E-state index is -2.85. The molecule has 0 rings (SSSR count). The zero-order valence-corrected chi connectivity index (χ0v) is 11.7. The number of hydrogen-bond acceptors (Lipinski definition) is 12. The summed E-state index contributed by atoms with van der Waals surface area (Å²) in [6.07, 6.45) is -5.70. The molecule has 0 bridgehead atoms. The fraction of sp³-hybridized carbons (Fsp3) is 0.667. The van der Waals surface area contributed by atoms with Gasteiger partial charge in [0.1, 0.15) is 0 Å². The summed E-state index contributed by atoms with van der Waals surface area (Å²) in [6, 6.07) is 0. The molecule has 0 aliphatic rings. The Bertz CT molecular complexity index is 526. The molecule has 18 heteroatoms. The summed E-state index contributed by atoms with van der Waals surface area (Å²) in [7, 11) is 0.979. The van der Waals surface area contributed by atoms with Gasteiger partial charge in [-0.15, -0.1) is 20.2 Å². The number of hydrazine groups is 2. The average Bonchev–Trinajstić information content (AvgIpc) is 2.46. The van der Waals surface area contributed by atoms with Crippen LogP contribution < -0.4 is 0 Å². The monoisotopic (exact) mass is 356 g/mol. The van der Waals surface area contributed by atoms with E-state index in [9.17, 15) is 50.0 Å². The third-order valence-corrected chi connectivity index (χ3v) is 2.29. The van der Waals surface area contributed by atoms with Gasteiger partial charge in [-0.25, -0.2) is 20.2 Å². The van der Waals surface area contributed by atoms with Gasteiger partial charge in [0, 0.05) is 0 Å². The number of likely N-dealkylation sites (N-methyl/N-ethyl adjacent to an activating group) is 2. The van der Waals surface area contributed by atoms with E-state index < -0.39 is 44.3 Å². The molecule has 0 spiro atoms. The van der Waals surface area contributed by atoms with E-state index in [1.165, 1.54) is 0 Å². The van der Waals surface area contributed by atoms with Gasteiger partial charge >= 0.3 is 11.8 Å². The van der Waals surface area contributed by atoms with Gasteiger partial charge in [0.05, 0.1) is 14.1 Å². The Morgan fingerprint density at radius 1 is 0.750 bits per heavy atom. The molecule has 0 aliphatic heterocycles. The van der Waals surface area contributed by atoms with Crippen LogP contribution in [0.25, 0.3) is 0 Å². The highest BCUT2D eigenvalue weighted by atomic mass is 17.0. The lowest BCUT2D eigenvalue weighted by Crippen LogP contribution is -2.55. The van der Waals surface area contributed by atoms with E-state index in [0.29, 0.717) is 14.1 Å². The van der Waals surface area contributed by atoms with Crippen molar-refractivity contribution in [1.82, 2.24) is 10.0 Å². The average molecular weight is 356 g/mol.